The number of imidazole rings is 1. The summed E-state index contributed by atoms with van der Waals surface area (Å²) in [6.45, 7) is 4.76. The molecule has 0 unspecified atom stereocenters. The highest BCUT2D eigenvalue weighted by Gasteiger charge is 1.90. The van der Waals surface area contributed by atoms with Crippen LogP contribution in [-0.2, 0) is 0 Å². The van der Waals surface area contributed by atoms with Crippen molar-refractivity contribution in [2.45, 2.75) is 20.3 Å². The topological polar surface area (TPSA) is 27.1 Å². The maximum atomic E-state index is 5.23. The van der Waals surface area contributed by atoms with Crippen LogP contribution < -0.4 is 4.84 Å². The summed E-state index contributed by atoms with van der Waals surface area (Å²) in [7, 11) is 0. The Morgan fingerprint density at radius 3 is 3.00 bits per heavy atom. The third kappa shape index (κ3) is 1.76. The Morgan fingerprint density at radius 1 is 1.70 bits per heavy atom. The Kier molecular flexibility index (Phi) is 2.31. The van der Waals surface area contributed by atoms with Crippen molar-refractivity contribution in [3.8, 4) is 0 Å². The molecule has 0 amide bonds. The third-order valence-electron chi connectivity index (χ3n) is 1.13. The lowest BCUT2D eigenvalue weighted by Crippen LogP contribution is -2.09. The second kappa shape index (κ2) is 3.25. The number of hydrogen-bond donors (Lipinski definition) is 0. The first kappa shape index (κ1) is 7.12. The smallest absolute Gasteiger partial charge is 0.132 e. The number of rotatable bonds is 3. The minimum Gasteiger partial charge on any atom is -0.413 e. The van der Waals surface area contributed by atoms with Crippen molar-refractivity contribution in [1.82, 2.24) is 9.71 Å². The molecule has 0 spiro atoms. The van der Waals surface area contributed by atoms with E-state index < -0.39 is 0 Å². The standard InChI is InChI=1S/C7H12N2O/c1-3-4-10-9-5-7(2)8-6-9/h5-6H,3-4H2,1-2H3. The molecular weight excluding hydrogens is 128 g/mol. The van der Waals surface area contributed by atoms with Gasteiger partial charge in [0.05, 0.1) is 11.9 Å². The van der Waals surface area contributed by atoms with Gasteiger partial charge in [-0.3, -0.25) is 0 Å². The summed E-state index contributed by atoms with van der Waals surface area (Å²) in [6, 6.07) is 0. The van der Waals surface area contributed by atoms with E-state index in [-0.39, 0.29) is 0 Å². The van der Waals surface area contributed by atoms with Crippen molar-refractivity contribution in [2.75, 3.05) is 6.61 Å². The molecule has 0 saturated carbocycles. The lowest BCUT2D eigenvalue weighted by molar-refractivity contribution is 0.110. The average molecular weight is 140 g/mol. The fourth-order valence-electron chi connectivity index (χ4n) is 0.666. The zero-order chi connectivity index (χ0) is 7.40. The van der Waals surface area contributed by atoms with Crippen LogP contribution in [0.5, 0.6) is 0 Å². The largest absolute Gasteiger partial charge is 0.413 e. The molecule has 0 aliphatic carbocycles. The maximum Gasteiger partial charge on any atom is 0.132 e. The Bertz CT molecular complexity index is 195. The number of nitrogens with zero attached hydrogens (tertiary/aromatic N) is 2. The Hall–Kier alpha value is -0.990. The zero-order valence-corrected chi connectivity index (χ0v) is 6.37. The summed E-state index contributed by atoms with van der Waals surface area (Å²) in [5.41, 5.74) is 0.983. The molecule has 0 bridgehead atoms. The quantitative estimate of drug-likeness (QED) is 0.627. The molecule has 1 heterocycles. The summed E-state index contributed by atoms with van der Waals surface area (Å²) >= 11 is 0. The van der Waals surface area contributed by atoms with Crippen LogP contribution in [0.25, 0.3) is 0 Å². The van der Waals surface area contributed by atoms with E-state index in [4.69, 9.17) is 4.84 Å². The van der Waals surface area contributed by atoms with E-state index in [1.165, 1.54) is 0 Å². The van der Waals surface area contributed by atoms with Gasteiger partial charge in [-0.1, -0.05) is 6.92 Å². The van der Waals surface area contributed by atoms with Crippen LogP contribution >= 0.6 is 0 Å². The first-order valence-electron chi connectivity index (χ1n) is 3.47. The molecule has 0 aromatic carbocycles. The lowest BCUT2D eigenvalue weighted by atomic mass is 10.5. The van der Waals surface area contributed by atoms with Gasteiger partial charge >= 0.3 is 0 Å². The van der Waals surface area contributed by atoms with Gasteiger partial charge in [0.2, 0.25) is 0 Å². The molecule has 1 aromatic rings. The summed E-state index contributed by atoms with van der Waals surface area (Å²) < 4.78 is 1.64. The normalized spacial score (nSPS) is 9.80. The molecule has 0 atom stereocenters. The minimum absolute atomic E-state index is 0.746. The van der Waals surface area contributed by atoms with Crippen LogP contribution in [0, 0.1) is 6.92 Å². The fourth-order valence-corrected chi connectivity index (χ4v) is 0.666. The molecule has 3 nitrogen and oxygen atoms in total. The van der Waals surface area contributed by atoms with E-state index in [0.29, 0.717) is 0 Å². The van der Waals surface area contributed by atoms with Gasteiger partial charge in [-0.05, 0) is 13.3 Å². The first-order valence-corrected chi connectivity index (χ1v) is 3.47. The Morgan fingerprint density at radius 2 is 2.50 bits per heavy atom. The third-order valence-corrected chi connectivity index (χ3v) is 1.13. The molecule has 3 heteroatoms. The van der Waals surface area contributed by atoms with Gasteiger partial charge in [0.1, 0.15) is 12.9 Å². The van der Waals surface area contributed by atoms with Gasteiger partial charge in [-0.25, -0.2) is 4.98 Å². The molecule has 56 valence electrons. The van der Waals surface area contributed by atoms with E-state index in [2.05, 4.69) is 11.9 Å². The van der Waals surface area contributed by atoms with Crippen LogP contribution in [0.3, 0.4) is 0 Å². The lowest BCUT2D eigenvalue weighted by Gasteiger charge is -2.01. The molecule has 1 aromatic heterocycles. The van der Waals surface area contributed by atoms with Crippen LogP contribution in [0.1, 0.15) is 19.0 Å². The van der Waals surface area contributed by atoms with Crippen molar-refractivity contribution < 1.29 is 4.84 Å². The monoisotopic (exact) mass is 140 g/mol. The predicted molar refractivity (Wildman–Crippen MR) is 38.7 cm³/mol. The summed E-state index contributed by atoms with van der Waals surface area (Å²) in [5.74, 6) is 0. The van der Waals surface area contributed by atoms with E-state index in [1.807, 2.05) is 13.1 Å². The van der Waals surface area contributed by atoms with Crippen molar-refractivity contribution in [3.63, 3.8) is 0 Å². The first-order chi connectivity index (χ1) is 4.83. The van der Waals surface area contributed by atoms with Crippen LogP contribution in [0.15, 0.2) is 12.5 Å². The van der Waals surface area contributed by atoms with Gasteiger partial charge < -0.3 is 4.84 Å². The van der Waals surface area contributed by atoms with E-state index in [9.17, 15) is 0 Å². The van der Waals surface area contributed by atoms with Crippen molar-refractivity contribution in [3.05, 3.63) is 18.2 Å². The second-order valence-electron chi connectivity index (χ2n) is 2.21. The molecular formula is C7H12N2O. The summed E-state index contributed by atoms with van der Waals surface area (Å²) in [4.78, 5) is 9.24. The summed E-state index contributed by atoms with van der Waals surface area (Å²) in [5, 5.41) is 0. The fraction of sp³-hybridized carbons (Fsp3) is 0.571. The molecule has 1 rings (SSSR count). The number of aryl methyl sites for hydroxylation is 1. The van der Waals surface area contributed by atoms with Crippen molar-refractivity contribution in [1.29, 1.82) is 0 Å². The predicted octanol–water partition coefficient (Wildman–Crippen LogP) is 1.03. The number of aromatic nitrogens is 2. The average Bonchev–Trinajstić information content (AvgIpc) is 2.31. The maximum absolute atomic E-state index is 5.23. The highest BCUT2D eigenvalue weighted by atomic mass is 16.7. The molecule has 0 fully saturated rings. The van der Waals surface area contributed by atoms with Gasteiger partial charge in [-0.15, -0.1) is 0 Å². The molecule has 0 radical (unpaired) electrons. The van der Waals surface area contributed by atoms with Crippen molar-refractivity contribution >= 4 is 0 Å². The number of hydrogen-bond acceptors (Lipinski definition) is 2. The minimum atomic E-state index is 0.746. The molecule has 0 N–H and O–H groups in total. The van der Waals surface area contributed by atoms with Crippen LogP contribution in [0.4, 0.5) is 0 Å². The van der Waals surface area contributed by atoms with Crippen molar-refractivity contribution in [2.24, 2.45) is 0 Å². The molecule has 0 aliphatic rings. The zero-order valence-electron chi connectivity index (χ0n) is 6.37. The Labute approximate surface area is 60.6 Å². The highest BCUT2D eigenvalue weighted by molar-refractivity contribution is 4.90. The van der Waals surface area contributed by atoms with E-state index in [0.717, 1.165) is 18.7 Å². The summed E-state index contributed by atoms with van der Waals surface area (Å²) in [6.07, 6.45) is 4.55. The Balaban J connectivity index is 2.42. The SMILES string of the molecule is CCCOn1cnc(C)c1. The van der Waals surface area contributed by atoms with Gasteiger partial charge in [0, 0.05) is 0 Å². The second-order valence-corrected chi connectivity index (χ2v) is 2.21. The molecule has 0 saturated heterocycles. The molecule has 10 heavy (non-hydrogen) atoms. The van der Waals surface area contributed by atoms with Gasteiger partial charge in [0.15, 0.2) is 0 Å². The van der Waals surface area contributed by atoms with Gasteiger partial charge in [0.25, 0.3) is 0 Å². The van der Waals surface area contributed by atoms with E-state index in [1.54, 1.807) is 11.1 Å². The van der Waals surface area contributed by atoms with Crippen LogP contribution in [0.2, 0.25) is 0 Å². The molecule has 0 aliphatic heterocycles. The van der Waals surface area contributed by atoms with Crippen LogP contribution in [-0.4, -0.2) is 16.3 Å². The van der Waals surface area contributed by atoms with Gasteiger partial charge in [-0.2, -0.15) is 4.73 Å². The van der Waals surface area contributed by atoms with E-state index >= 15 is 0 Å². The highest BCUT2D eigenvalue weighted by Crippen LogP contribution is 1.89.